The van der Waals surface area contributed by atoms with Gasteiger partial charge in [0.15, 0.2) is 0 Å². The Morgan fingerprint density at radius 3 is 2.30 bits per heavy atom. The largest absolute Gasteiger partial charge is 0.339 e. The minimum atomic E-state index is -0.645. The number of aryl methyl sites for hydroxylation is 1. The molecule has 33 heavy (non-hydrogen) atoms. The number of nitrogens with one attached hydrogen (secondary N) is 2. The summed E-state index contributed by atoms with van der Waals surface area (Å²) in [7, 11) is 1.71. The molecular weight excluding hydrogens is 419 g/mol. The first-order chi connectivity index (χ1) is 16.0. The molecule has 3 aliphatic rings. The lowest BCUT2D eigenvalue weighted by Crippen LogP contribution is -2.50. The van der Waals surface area contributed by atoms with Gasteiger partial charge in [0.1, 0.15) is 17.6 Å². The Hall–Kier alpha value is -2.70. The molecule has 176 valence electrons. The molecule has 2 amide bonds. The van der Waals surface area contributed by atoms with Gasteiger partial charge in [-0.25, -0.2) is 4.39 Å². The summed E-state index contributed by atoms with van der Waals surface area (Å²) in [5.41, 5.74) is 1.62. The highest BCUT2D eigenvalue weighted by atomic mass is 19.1. The second-order valence-electron chi connectivity index (χ2n) is 10.1. The quantitative estimate of drug-likeness (QED) is 0.605. The van der Waals surface area contributed by atoms with Crippen LogP contribution in [-0.2, 0) is 11.8 Å². The maximum Gasteiger partial charge on any atom is 0.270 e. The van der Waals surface area contributed by atoms with Gasteiger partial charge in [0.25, 0.3) is 5.91 Å². The molecule has 3 fully saturated rings. The van der Waals surface area contributed by atoms with Gasteiger partial charge < -0.3 is 10.6 Å². The van der Waals surface area contributed by atoms with E-state index in [-0.39, 0.29) is 29.5 Å². The highest BCUT2D eigenvalue weighted by Crippen LogP contribution is 2.51. The lowest BCUT2D eigenvalue weighted by molar-refractivity contribution is -0.119. The topological polar surface area (TPSA) is 76.0 Å². The number of anilines is 1. The van der Waals surface area contributed by atoms with Crippen molar-refractivity contribution in [3.63, 3.8) is 0 Å². The van der Waals surface area contributed by atoms with Crippen molar-refractivity contribution in [2.45, 2.75) is 69.7 Å². The van der Waals surface area contributed by atoms with E-state index in [9.17, 15) is 14.0 Å². The maximum absolute atomic E-state index is 14.9. The fraction of sp³-hybridized carbons (Fsp3) is 0.577. The van der Waals surface area contributed by atoms with Gasteiger partial charge in [-0.15, -0.1) is 0 Å². The van der Waals surface area contributed by atoms with Gasteiger partial charge in [0.2, 0.25) is 5.91 Å². The van der Waals surface area contributed by atoms with Gasteiger partial charge in [-0.3, -0.25) is 14.3 Å². The molecule has 1 heterocycles. The van der Waals surface area contributed by atoms with Crippen LogP contribution < -0.4 is 10.6 Å². The monoisotopic (exact) mass is 452 g/mol. The van der Waals surface area contributed by atoms with Crippen LogP contribution in [0.3, 0.4) is 0 Å². The van der Waals surface area contributed by atoms with Crippen molar-refractivity contribution in [1.29, 1.82) is 0 Å². The molecule has 7 heteroatoms. The third-order valence-corrected chi connectivity index (χ3v) is 7.65. The van der Waals surface area contributed by atoms with Crippen LogP contribution >= 0.6 is 0 Å². The SMILES string of the molecule is Cn1nccc1C(=O)N[C@H](C(=O)Nc1ccc(C2CCCCC2)c(F)c1)C(C1CC1)C1CC1. The second-order valence-corrected chi connectivity index (χ2v) is 10.1. The van der Waals surface area contributed by atoms with Gasteiger partial charge in [-0.1, -0.05) is 25.3 Å². The van der Waals surface area contributed by atoms with Crippen LogP contribution in [0, 0.1) is 23.6 Å². The second kappa shape index (κ2) is 9.27. The fourth-order valence-corrected chi connectivity index (χ4v) is 5.61. The van der Waals surface area contributed by atoms with E-state index >= 15 is 0 Å². The van der Waals surface area contributed by atoms with E-state index in [0.29, 0.717) is 23.2 Å². The first-order valence-electron chi connectivity index (χ1n) is 12.4. The zero-order valence-electron chi connectivity index (χ0n) is 19.2. The molecule has 1 aromatic carbocycles. The van der Waals surface area contributed by atoms with Crippen LogP contribution in [0.15, 0.2) is 30.5 Å². The van der Waals surface area contributed by atoms with E-state index in [1.165, 1.54) is 17.2 Å². The smallest absolute Gasteiger partial charge is 0.270 e. The summed E-state index contributed by atoms with van der Waals surface area (Å²) in [6.07, 6.45) is 11.5. The van der Waals surface area contributed by atoms with E-state index in [4.69, 9.17) is 0 Å². The summed E-state index contributed by atoms with van der Waals surface area (Å²) in [4.78, 5) is 26.4. The Kier molecular flexibility index (Phi) is 6.21. The van der Waals surface area contributed by atoms with E-state index in [1.54, 1.807) is 25.4 Å². The number of hydrogen-bond donors (Lipinski definition) is 2. The van der Waals surface area contributed by atoms with Gasteiger partial charge in [0.05, 0.1) is 0 Å². The fourth-order valence-electron chi connectivity index (χ4n) is 5.61. The van der Waals surface area contributed by atoms with Gasteiger partial charge >= 0.3 is 0 Å². The molecule has 0 unspecified atom stereocenters. The molecule has 1 atom stereocenters. The molecule has 6 nitrogen and oxygen atoms in total. The molecule has 0 aliphatic heterocycles. The summed E-state index contributed by atoms with van der Waals surface area (Å²) in [6, 6.07) is 6.06. The summed E-state index contributed by atoms with van der Waals surface area (Å²) < 4.78 is 16.4. The molecule has 3 aliphatic carbocycles. The molecule has 0 bridgehead atoms. The average molecular weight is 453 g/mol. The van der Waals surface area contributed by atoms with Crippen molar-refractivity contribution in [2.75, 3.05) is 5.32 Å². The molecular formula is C26H33FN4O2. The summed E-state index contributed by atoms with van der Waals surface area (Å²) in [5.74, 6) is 0.489. The van der Waals surface area contributed by atoms with Crippen molar-refractivity contribution < 1.29 is 14.0 Å². The number of amides is 2. The highest BCUT2D eigenvalue weighted by molar-refractivity contribution is 6.00. The Morgan fingerprint density at radius 2 is 1.73 bits per heavy atom. The third kappa shape index (κ3) is 4.97. The molecule has 5 rings (SSSR count). The predicted molar refractivity (Wildman–Crippen MR) is 124 cm³/mol. The number of hydrogen-bond acceptors (Lipinski definition) is 3. The van der Waals surface area contributed by atoms with Gasteiger partial charge in [-0.2, -0.15) is 5.10 Å². The zero-order chi connectivity index (χ0) is 22.9. The maximum atomic E-state index is 14.9. The van der Waals surface area contributed by atoms with E-state index < -0.39 is 6.04 Å². The summed E-state index contributed by atoms with van der Waals surface area (Å²) in [5, 5.41) is 9.97. The van der Waals surface area contributed by atoms with Crippen LogP contribution in [0.1, 0.15) is 79.8 Å². The highest BCUT2D eigenvalue weighted by Gasteiger charge is 2.48. The van der Waals surface area contributed by atoms with Gasteiger partial charge in [-0.05, 0) is 86.0 Å². The Balaban J connectivity index is 1.34. The molecule has 2 aromatic rings. The van der Waals surface area contributed by atoms with Crippen molar-refractivity contribution in [3.05, 3.63) is 47.5 Å². The lowest BCUT2D eigenvalue weighted by atomic mass is 9.84. The standard InChI is InChI=1S/C26H33FN4O2/c1-31-22(13-14-28-31)25(32)30-24(23(17-7-8-17)18-9-10-18)26(33)29-19-11-12-20(21(27)15-19)16-5-3-2-4-6-16/h11-18,23-24H,2-10H2,1H3,(H,29,33)(H,30,32)/t24-/m0/s1. The lowest BCUT2D eigenvalue weighted by Gasteiger charge is -2.28. The van der Waals surface area contributed by atoms with Crippen molar-refractivity contribution >= 4 is 17.5 Å². The molecule has 1 aromatic heterocycles. The first kappa shape index (κ1) is 22.1. The molecule has 0 spiro atoms. The van der Waals surface area contributed by atoms with Crippen LogP contribution in [0.4, 0.5) is 10.1 Å². The minimum absolute atomic E-state index is 0.119. The van der Waals surface area contributed by atoms with E-state index in [1.807, 2.05) is 6.07 Å². The summed E-state index contributed by atoms with van der Waals surface area (Å²) >= 11 is 0. The Morgan fingerprint density at radius 1 is 1.03 bits per heavy atom. The predicted octanol–water partition coefficient (Wildman–Crippen LogP) is 4.78. The van der Waals surface area contributed by atoms with Crippen LogP contribution in [0.25, 0.3) is 0 Å². The molecule has 3 saturated carbocycles. The summed E-state index contributed by atoms with van der Waals surface area (Å²) in [6.45, 7) is 0. The third-order valence-electron chi connectivity index (χ3n) is 7.65. The van der Waals surface area contributed by atoms with Crippen LogP contribution in [-0.4, -0.2) is 27.6 Å². The number of nitrogens with zero attached hydrogens (tertiary/aromatic N) is 2. The van der Waals surface area contributed by atoms with Crippen molar-refractivity contribution in [1.82, 2.24) is 15.1 Å². The number of carbonyl (C=O) groups excluding carboxylic acids is 2. The number of halogens is 1. The number of benzene rings is 1. The van der Waals surface area contributed by atoms with Crippen LogP contribution in [0.2, 0.25) is 0 Å². The number of aromatic nitrogens is 2. The van der Waals surface area contributed by atoms with Crippen molar-refractivity contribution in [2.24, 2.45) is 24.8 Å². The normalized spacial score (nSPS) is 20.0. The molecule has 0 saturated heterocycles. The van der Waals surface area contributed by atoms with Gasteiger partial charge in [0, 0.05) is 18.9 Å². The molecule has 2 N–H and O–H groups in total. The van der Waals surface area contributed by atoms with E-state index in [0.717, 1.165) is 56.9 Å². The first-order valence-corrected chi connectivity index (χ1v) is 12.4. The Bertz CT molecular complexity index is 1010. The van der Waals surface area contributed by atoms with E-state index in [2.05, 4.69) is 15.7 Å². The number of carbonyl (C=O) groups is 2. The Labute approximate surface area is 194 Å². The van der Waals surface area contributed by atoms with Crippen LogP contribution in [0.5, 0.6) is 0 Å². The van der Waals surface area contributed by atoms with Crippen molar-refractivity contribution in [3.8, 4) is 0 Å². The molecule has 0 radical (unpaired) electrons. The number of rotatable bonds is 8. The zero-order valence-corrected chi connectivity index (χ0v) is 19.2. The average Bonchev–Trinajstić information content (AvgIpc) is 3.74. The minimum Gasteiger partial charge on any atom is -0.339 e.